The Bertz CT molecular complexity index is 377. The van der Waals surface area contributed by atoms with Crippen LogP contribution < -0.4 is 0 Å². The van der Waals surface area contributed by atoms with Gasteiger partial charge in [0.1, 0.15) is 0 Å². The highest BCUT2D eigenvalue weighted by Crippen LogP contribution is 2.35. The molecule has 1 aliphatic heterocycles. The Morgan fingerprint density at radius 1 is 1.16 bits per heavy atom. The van der Waals surface area contributed by atoms with Crippen LogP contribution in [-0.4, -0.2) is 48.0 Å². The maximum absolute atomic E-state index is 12.0. The Morgan fingerprint density at radius 3 is 2.26 bits per heavy atom. The number of hydrogen-bond acceptors (Lipinski definition) is 5. The van der Waals surface area contributed by atoms with Gasteiger partial charge in [-0.25, -0.2) is 4.79 Å². The van der Waals surface area contributed by atoms with E-state index in [1.165, 1.54) is 4.90 Å². The molecule has 1 fully saturated rings. The second-order valence-corrected chi connectivity index (χ2v) is 4.92. The first-order chi connectivity index (χ1) is 8.86. The highest BCUT2D eigenvalue weighted by Gasteiger charge is 2.49. The summed E-state index contributed by atoms with van der Waals surface area (Å²) in [6.45, 7) is 7.71. The fourth-order valence-electron chi connectivity index (χ4n) is 2.40. The van der Waals surface area contributed by atoms with Crippen LogP contribution in [0.15, 0.2) is 0 Å². The van der Waals surface area contributed by atoms with Crippen molar-refractivity contribution in [1.29, 1.82) is 0 Å². The van der Waals surface area contributed by atoms with Crippen LogP contribution in [0.5, 0.6) is 0 Å². The first-order valence-corrected chi connectivity index (χ1v) is 6.51. The lowest BCUT2D eigenvalue weighted by molar-refractivity contribution is -0.163. The third kappa shape index (κ3) is 3.05. The second-order valence-electron chi connectivity index (χ2n) is 4.92. The van der Waals surface area contributed by atoms with E-state index in [9.17, 15) is 14.4 Å². The number of ether oxygens (including phenoxy) is 2. The Hall–Kier alpha value is -1.59. The lowest BCUT2D eigenvalue weighted by atomic mass is 9.88. The van der Waals surface area contributed by atoms with Gasteiger partial charge < -0.3 is 14.4 Å². The molecule has 19 heavy (non-hydrogen) atoms. The van der Waals surface area contributed by atoms with Crippen molar-refractivity contribution in [2.75, 3.05) is 19.8 Å². The maximum atomic E-state index is 12.0. The number of hydrogen-bond donors (Lipinski definition) is 0. The van der Waals surface area contributed by atoms with E-state index < -0.39 is 23.3 Å². The van der Waals surface area contributed by atoms with Gasteiger partial charge in [-0.2, -0.15) is 0 Å². The molecule has 0 bridgehead atoms. The van der Waals surface area contributed by atoms with Gasteiger partial charge in [-0.05, 0) is 34.1 Å². The molecule has 1 atom stereocenters. The monoisotopic (exact) mass is 271 g/mol. The smallest absolute Gasteiger partial charge is 0.397 e. The number of likely N-dealkylation sites (tertiary alicyclic amines) is 1. The third-order valence-electron chi connectivity index (χ3n) is 3.46. The van der Waals surface area contributed by atoms with E-state index in [1.807, 2.05) is 0 Å². The normalized spacial score (nSPS) is 21.1. The summed E-state index contributed by atoms with van der Waals surface area (Å²) in [6, 6.07) is 0. The Balaban J connectivity index is 2.81. The lowest BCUT2D eigenvalue weighted by Gasteiger charge is -2.34. The van der Waals surface area contributed by atoms with Gasteiger partial charge in [-0.1, -0.05) is 0 Å². The number of nitrogens with zero attached hydrogens (tertiary/aromatic N) is 1. The predicted octanol–water partition coefficient (Wildman–Crippen LogP) is 0.740. The molecule has 0 aromatic carbocycles. The molecule has 0 aliphatic carbocycles. The Morgan fingerprint density at radius 2 is 1.74 bits per heavy atom. The molecule has 0 aromatic rings. The van der Waals surface area contributed by atoms with E-state index in [1.54, 1.807) is 27.7 Å². The van der Waals surface area contributed by atoms with Crippen molar-refractivity contribution in [1.82, 2.24) is 4.90 Å². The average Bonchev–Trinajstić information content (AvgIpc) is 2.64. The van der Waals surface area contributed by atoms with Crippen LogP contribution in [0.2, 0.25) is 0 Å². The summed E-state index contributed by atoms with van der Waals surface area (Å²) >= 11 is 0. The number of carbonyl (C=O) groups excluding carboxylic acids is 3. The van der Waals surface area contributed by atoms with Crippen LogP contribution in [0.4, 0.5) is 0 Å². The molecule has 6 nitrogen and oxygen atoms in total. The first-order valence-electron chi connectivity index (χ1n) is 6.51. The number of carbonyl (C=O) groups is 3. The summed E-state index contributed by atoms with van der Waals surface area (Å²) in [6.07, 6.45) is 0.497. The SMILES string of the molecule is CCOC(=O)C(=O)N1CCC(C(=O)OCC)C1(C)C. The first kappa shape index (κ1) is 15.5. The third-order valence-corrected chi connectivity index (χ3v) is 3.46. The minimum atomic E-state index is -0.875. The minimum absolute atomic E-state index is 0.153. The van der Waals surface area contributed by atoms with Crippen molar-refractivity contribution in [3.63, 3.8) is 0 Å². The highest BCUT2D eigenvalue weighted by molar-refractivity contribution is 6.32. The molecule has 108 valence electrons. The van der Waals surface area contributed by atoms with E-state index in [4.69, 9.17) is 9.47 Å². The maximum Gasteiger partial charge on any atom is 0.397 e. The van der Waals surface area contributed by atoms with Crippen molar-refractivity contribution < 1.29 is 23.9 Å². The Kier molecular flexibility index (Phi) is 4.91. The zero-order valence-electron chi connectivity index (χ0n) is 11.9. The summed E-state index contributed by atoms with van der Waals surface area (Å²) in [5.41, 5.74) is -0.740. The molecule has 1 aliphatic rings. The zero-order valence-corrected chi connectivity index (χ0v) is 11.9. The molecule has 1 heterocycles. The molecule has 0 radical (unpaired) electrons. The second kappa shape index (κ2) is 6.04. The molecule has 1 unspecified atom stereocenters. The van der Waals surface area contributed by atoms with Crippen molar-refractivity contribution in [3.8, 4) is 0 Å². The zero-order chi connectivity index (χ0) is 14.6. The summed E-state index contributed by atoms with van der Waals surface area (Å²) in [5.74, 6) is -2.31. The molecular weight excluding hydrogens is 250 g/mol. The molecule has 0 aromatic heterocycles. The van der Waals surface area contributed by atoms with Crippen LogP contribution in [0.3, 0.4) is 0 Å². The van der Waals surface area contributed by atoms with Gasteiger partial charge in [0.2, 0.25) is 0 Å². The van der Waals surface area contributed by atoms with Gasteiger partial charge in [-0.15, -0.1) is 0 Å². The van der Waals surface area contributed by atoms with E-state index in [0.29, 0.717) is 19.6 Å². The summed E-state index contributed by atoms with van der Waals surface area (Å²) in [5, 5.41) is 0. The topological polar surface area (TPSA) is 72.9 Å². The largest absolute Gasteiger partial charge is 0.466 e. The molecule has 0 N–H and O–H groups in total. The van der Waals surface area contributed by atoms with Gasteiger partial charge >= 0.3 is 17.8 Å². The van der Waals surface area contributed by atoms with Crippen LogP contribution >= 0.6 is 0 Å². The van der Waals surface area contributed by atoms with E-state index >= 15 is 0 Å². The van der Waals surface area contributed by atoms with Crippen molar-refractivity contribution in [3.05, 3.63) is 0 Å². The Labute approximate surface area is 113 Å². The number of esters is 2. The van der Waals surface area contributed by atoms with E-state index in [0.717, 1.165) is 0 Å². The fourth-order valence-corrected chi connectivity index (χ4v) is 2.40. The summed E-state index contributed by atoms with van der Waals surface area (Å²) in [7, 11) is 0. The molecule has 6 heteroatoms. The highest BCUT2D eigenvalue weighted by atomic mass is 16.5. The van der Waals surface area contributed by atoms with Gasteiger partial charge in [0.25, 0.3) is 0 Å². The van der Waals surface area contributed by atoms with Gasteiger partial charge in [0.05, 0.1) is 24.7 Å². The van der Waals surface area contributed by atoms with Gasteiger partial charge in [0.15, 0.2) is 0 Å². The van der Waals surface area contributed by atoms with Crippen LogP contribution in [-0.2, 0) is 23.9 Å². The summed E-state index contributed by atoms with van der Waals surface area (Å²) < 4.78 is 9.71. The molecule has 1 saturated heterocycles. The number of amides is 1. The van der Waals surface area contributed by atoms with Crippen molar-refractivity contribution in [2.24, 2.45) is 5.92 Å². The van der Waals surface area contributed by atoms with Gasteiger partial charge in [-0.3, -0.25) is 9.59 Å². The number of rotatable bonds is 3. The molecule has 1 amide bonds. The van der Waals surface area contributed by atoms with Crippen molar-refractivity contribution >= 4 is 17.8 Å². The molecule has 1 rings (SSSR count). The lowest BCUT2D eigenvalue weighted by Crippen LogP contribution is -2.50. The van der Waals surface area contributed by atoms with Crippen LogP contribution in [0, 0.1) is 5.92 Å². The molecular formula is C13H21NO5. The average molecular weight is 271 g/mol. The standard InChI is InChI=1S/C13H21NO5/c1-5-18-11(16)9-7-8-14(13(9,3)4)10(15)12(17)19-6-2/h9H,5-8H2,1-4H3. The van der Waals surface area contributed by atoms with E-state index in [-0.39, 0.29) is 12.6 Å². The fraction of sp³-hybridized carbons (Fsp3) is 0.769. The quantitative estimate of drug-likeness (QED) is 0.559. The van der Waals surface area contributed by atoms with Crippen LogP contribution in [0.25, 0.3) is 0 Å². The molecule has 0 saturated carbocycles. The van der Waals surface area contributed by atoms with Gasteiger partial charge in [0, 0.05) is 6.54 Å². The summed E-state index contributed by atoms with van der Waals surface area (Å²) in [4.78, 5) is 36.7. The van der Waals surface area contributed by atoms with Crippen molar-refractivity contribution in [2.45, 2.75) is 39.7 Å². The molecule has 0 spiro atoms. The van der Waals surface area contributed by atoms with Crippen LogP contribution in [0.1, 0.15) is 34.1 Å². The van der Waals surface area contributed by atoms with E-state index in [2.05, 4.69) is 0 Å². The predicted molar refractivity (Wildman–Crippen MR) is 67.2 cm³/mol. The minimum Gasteiger partial charge on any atom is -0.466 e.